The second kappa shape index (κ2) is 7.54. The number of nitrogens with two attached hydrogens (primary N) is 1. The van der Waals surface area contributed by atoms with E-state index in [2.05, 4.69) is 4.90 Å². The molecule has 0 aliphatic carbocycles. The summed E-state index contributed by atoms with van der Waals surface area (Å²) >= 11 is 4.94. The maximum absolute atomic E-state index is 9.09. The molecular weight excluding hydrogens is 276 g/mol. The van der Waals surface area contributed by atoms with Gasteiger partial charge in [0, 0.05) is 25.2 Å². The van der Waals surface area contributed by atoms with Crippen molar-refractivity contribution in [2.45, 2.75) is 6.10 Å². The molecule has 0 aromatic heterocycles. The lowest BCUT2D eigenvalue weighted by atomic mass is 10.2. The van der Waals surface area contributed by atoms with Crippen LogP contribution >= 0.6 is 12.2 Å². The fourth-order valence-corrected chi connectivity index (χ4v) is 2.25. The largest absolute Gasteiger partial charge is 0.492 e. The Labute approximate surface area is 124 Å². The molecule has 0 spiro atoms. The van der Waals surface area contributed by atoms with Gasteiger partial charge in [0.2, 0.25) is 0 Å². The van der Waals surface area contributed by atoms with Crippen LogP contribution in [0.25, 0.3) is 0 Å². The van der Waals surface area contributed by atoms with E-state index in [1.165, 1.54) is 0 Å². The number of benzene rings is 1. The van der Waals surface area contributed by atoms with Gasteiger partial charge in [0.1, 0.15) is 17.3 Å². The zero-order chi connectivity index (χ0) is 14.4. The highest BCUT2D eigenvalue weighted by Crippen LogP contribution is 2.13. The zero-order valence-electron chi connectivity index (χ0n) is 11.3. The van der Waals surface area contributed by atoms with Gasteiger partial charge in [-0.15, -0.1) is 0 Å². The van der Waals surface area contributed by atoms with Crippen molar-refractivity contribution in [2.75, 3.05) is 39.5 Å². The normalized spacial score (nSPS) is 19.8. The number of thiocarbonyl (C=S) groups is 1. The van der Waals surface area contributed by atoms with E-state index in [0.717, 1.165) is 30.9 Å². The van der Waals surface area contributed by atoms with Gasteiger partial charge in [0.05, 0.1) is 19.3 Å². The van der Waals surface area contributed by atoms with E-state index in [4.69, 9.17) is 32.5 Å². The fraction of sp³-hybridized carbons (Fsp3) is 0.500. The van der Waals surface area contributed by atoms with Crippen molar-refractivity contribution in [1.29, 1.82) is 0 Å². The lowest BCUT2D eigenvalue weighted by molar-refractivity contribution is -0.0547. The summed E-state index contributed by atoms with van der Waals surface area (Å²) in [4.78, 5) is 2.59. The van der Waals surface area contributed by atoms with Crippen molar-refractivity contribution >= 4 is 17.2 Å². The third kappa shape index (κ3) is 4.42. The minimum absolute atomic E-state index is 0.0628. The SMILES string of the molecule is NC(=S)c1cccc(OCCN2CCOC(CO)C2)c1. The van der Waals surface area contributed by atoms with Crippen molar-refractivity contribution in [3.63, 3.8) is 0 Å². The number of ether oxygens (including phenoxy) is 2. The van der Waals surface area contributed by atoms with E-state index in [-0.39, 0.29) is 12.7 Å². The smallest absolute Gasteiger partial charge is 0.120 e. The monoisotopic (exact) mass is 296 g/mol. The molecule has 1 heterocycles. The molecule has 3 N–H and O–H groups in total. The van der Waals surface area contributed by atoms with Crippen molar-refractivity contribution in [3.05, 3.63) is 29.8 Å². The Morgan fingerprint density at radius 2 is 2.40 bits per heavy atom. The first kappa shape index (κ1) is 15.2. The minimum Gasteiger partial charge on any atom is -0.492 e. The van der Waals surface area contributed by atoms with Crippen molar-refractivity contribution < 1.29 is 14.6 Å². The first-order chi connectivity index (χ1) is 9.69. The summed E-state index contributed by atoms with van der Waals surface area (Å²) in [5.74, 6) is 0.766. The average molecular weight is 296 g/mol. The van der Waals surface area contributed by atoms with Crippen molar-refractivity contribution in [3.8, 4) is 5.75 Å². The molecule has 1 fully saturated rings. The Balaban J connectivity index is 1.78. The Kier molecular flexibility index (Phi) is 5.72. The van der Waals surface area contributed by atoms with Gasteiger partial charge in [-0.1, -0.05) is 24.4 Å². The van der Waals surface area contributed by atoms with Gasteiger partial charge >= 0.3 is 0 Å². The number of hydrogen-bond acceptors (Lipinski definition) is 5. The second-order valence-corrected chi connectivity index (χ2v) is 5.16. The van der Waals surface area contributed by atoms with Crippen LogP contribution in [0.5, 0.6) is 5.75 Å². The molecule has 1 aromatic rings. The molecule has 20 heavy (non-hydrogen) atoms. The first-order valence-corrected chi connectivity index (χ1v) is 7.07. The lowest BCUT2D eigenvalue weighted by Gasteiger charge is -2.31. The lowest BCUT2D eigenvalue weighted by Crippen LogP contribution is -2.45. The molecule has 1 aliphatic heterocycles. The summed E-state index contributed by atoms with van der Waals surface area (Å²) in [5, 5.41) is 9.09. The van der Waals surface area contributed by atoms with Crippen LogP contribution in [-0.2, 0) is 4.74 Å². The van der Waals surface area contributed by atoms with Crippen LogP contribution in [-0.4, -0.2) is 60.6 Å². The van der Waals surface area contributed by atoms with Crippen LogP contribution in [0.15, 0.2) is 24.3 Å². The Hall–Kier alpha value is -1.21. The molecule has 6 heteroatoms. The standard InChI is InChI=1S/C14H20N2O3S/c15-14(20)11-2-1-3-12(8-11)18-6-4-16-5-7-19-13(9-16)10-17/h1-3,8,13,17H,4-7,9-10H2,(H2,15,20). The second-order valence-electron chi connectivity index (χ2n) is 4.72. The van der Waals surface area contributed by atoms with Crippen LogP contribution in [0, 0.1) is 0 Å². The molecule has 1 atom stereocenters. The van der Waals surface area contributed by atoms with E-state index >= 15 is 0 Å². The predicted octanol–water partition coefficient (Wildman–Crippen LogP) is 0.393. The summed E-state index contributed by atoms with van der Waals surface area (Å²) in [5.41, 5.74) is 6.40. The summed E-state index contributed by atoms with van der Waals surface area (Å²) in [6, 6.07) is 7.47. The molecule has 0 bridgehead atoms. The first-order valence-electron chi connectivity index (χ1n) is 6.66. The van der Waals surface area contributed by atoms with Gasteiger partial charge in [-0.2, -0.15) is 0 Å². The van der Waals surface area contributed by atoms with Crippen LogP contribution in [0.1, 0.15) is 5.56 Å². The van der Waals surface area contributed by atoms with Gasteiger partial charge in [0.15, 0.2) is 0 Å². The number of rotatable bonds is 6. The maximum Gasteiger partial charge on any atom is 0.120 e. The van der Waals surface area contributed by atoms with E-state index in [1.807, 2.05) is 24.3 Å². The highest BCUT2D eigenvalue weighted by Gasteiger charge is 2.19. The molecule has 110 valence electrons. The molecule has 1 aromatic carbocycles. The van der Waals surface area contributed by atoms with Gasteiger partial charge in [-0.25, -0.2) is 0 Å². The molecule has 1 saturated heterocycles. The predicted molar refractivity (Wildman–Crippen MR) is 81.1 cm³/mol. The van der Waals surface area contributed by atoms with E-state index in [0.29, 0.717) is 18.2 Å². The number of hydrogen-bond donors (Lipinski definition) is 2. The van der Waals surface area contributed by atoms with E-state index < -0.39 is 0 Å². The topological polar surface area (TPSA) is 68.0 Å². The molecule has 2 rings (SSSR count). The van der Waals surface area contributed by atoms with E-state index in [1.54, 1.807) is 0 Å². The molecule has 0 amide bonds. The van der Waals surface area contributed by atoms with Crippen LogP contribution in [0.4, 0.5) is 0 Å². The average Bonchev–Trinajstić information content (AvgIpc) is 2.48. The van der Waals surface area contributed by atoms with Gasteiger partial charge < -0.3 is 20.3 Å². The molecule has 5 nitrogen and oxygen atoms in total. The Morgan fingerprint density at radius 1 is 1.55 bits per heavy atom. The molecular formula is C14H20N2O3S. The van der Waals surface area contributed by atoms with Crippen molar-refractivity contribution in [2.24, 2.45) is 5.73 Å². The molecule has 0 saturated carbocycles. The van der Waals surface area contributed by atoms with Gasteiger partial charge in [0.25, 0.3) is 0 Å². The quantitative estimate of drug-likeness (QED) is 0.740. The highest BCUT2D eigenvalue weighted by atomic mass is 32.1. The third-order valence-corrected chi connectivity index (χ3v) is 3.46. The molecule has 1 unspecified atom stereocenters. The Bertz CT molecular complexity index is 456. The fourth-order valence-electron chi connectivity index (χ4n) is 2.13. The number of morpholine rings is 1. The van der Waals surface area contributed by atoms with Crippen LogP contribution in [0.2, 0.25) is 0 Å². The van der Waals surface area contributed by atoms with Crippen LogP contribution < -0.4 is 10.5 Å². The summed E-state index contributed by atoms with van der Waals surface area (Å²) in [7, 11) is 0. The van der Waals surface area contributed by atoms with Crippen molar-refractivity contribution in [1.82, 2.24) is 4.90 Å². The Morgan fingerprint density at radius 3 is 3.15 bits per heavy atom. The third-order valence-electron chi connectivity index (χ3n) is 3.22. The summed E-state index contributed by atoms with van der Waals surface area (Å²) < 4.78 is 11.1. The van der Waals surface area contributed by atoms with Gasteiger partial charge in [-0.05, 0) is 12.1 Å². The van der Waals surface area contributed by atoms with E-state index in [9.17, 15) is 0 Å². The van der Waals surface area contributed by atoms with Crippen LogP contribution in [0.3, 0.4) is 0 Å². The minimum atomic E-state index is -0.0818. The molecule has 1 aliphatic rings. The highest BCUT2D eigenvalue weighted by molar-refractivity contribution is 7.80. The zero-order valence-corrected chi connectivity index (χ0v) is 12.1. The number of aliphatic hydroxyl groups is 1. The summed E-state index contributed by atoms with van der Waals surface area (Å²) in [6.07, 6.45) is -0.0818. The number of aliphatic hydroxyl groups excluding tert-OH is 1. The maximum atomic E-state index is 9.09. The van der Waals surface area contributed by atoms with Gasteiger partial charge in [-0.3, -0.25) is 4.90 Å². The molecule has 0 radical (unpaired) electrons. The number of nitrogens with zero attached hydrogens (tertiary/aromatic N) is 1. The summed E-state index contributed by atoms with van der Waals surface area (Å²) in [6.45, 7) is 3.71.